The molecule has 0 spiro atoms. The molecule has 6 heteroatoms. The van der Waals surface area contributed by atoms with E-state index in [0.29, 0.717) is 22.9 Å². The summed E-state index contributed by atoms with van der Waals surface area (Å²) in [6.07, 6.45) is 0.812. The van der Waals surface area contributed by atoms with Crippen molar-refractivity contribution in [3.05, 3.63) is 141 Å². The summed E-state index contributed by atoms with van der Waals surface area (Å²) in [5.41, 5.74) is 2.92. The Labute approximate surface area is 244 Å². The van der Waals surface area contributed by atoms with Crippen LogP contribution in [0.3, 0.4) is 0 Å². The van der Waals surface area contributed by atoms with Crippen LogP contribution >= 0.6 is 23.2 Å². The van der Waals surface area contributed by atoms with Gasteiger partial charge in [-0.25, -0.2) is 0 Å². The molecule has 2 fully saturated rings. The number of ether oxygens (including phenoxy) is 2. The van der Waals surface area contributed by atoms with E-state index in [-0.39, 0.29) is 23.8 Å². The highest BCUT2D eigenvalue weighted by molar-refractivity contribution is 6.30. The lowest BCUT2D eigenvalue weighted by Gasteiger charge is -2.30. The molecule has 0 radical (unpaired) electrons. The summed E-state index contributed by atoms with van der Waals surface area (Å²) in [6.45, 7) is 3.94. The minimum atomic E-state index is -0.636. The summed E-state index contributed by atoms with van der Waals surface area (Å²) in [5.74, 6) is -0.262. The van der Waals surface area contributed by atoms with Crippen molar-refractivity contribution in [3.63, 3.8) is 0 Å². The van der Waals surface area contributed by atoms with Crippen LogP contribution < -0.4 is 0 Å². The minimum Gasteiger partial charge on any atom is -0.454 e. The monoisotopic (exact) mass is 572 g/mol. The zero-order chi connectivity index (χ0) is 28.3. The Kier molecular flexibility index (Phi) is 8.02. The first-order valence-corrected chi connectivity index (χ1v) is 14.0. The van der Waals surface area contributed by atoms with Crippen LogP contribution in [0.15, 0.2) is 109 Å². The van der Waals surface area contributed by atoms with Gasteiger partial charge in [-0.2, -0.15) is 0 Å². The molecule has 4 nitrogen and oxygen atoms in total. The molecule has 40 heavy (non-hydrogen) atoms. The lowest BCUT2D eigenvalue weighted by molar-refractivity contribution is -0.149. The van der Waals surface area contributed by atoms with Crippen LogP contribution in [0.1, 0.15) is 60.8 Å². The third kappa shape index (κ3) is 5.65. The Morgan fingerprint density at radius 1 is 0.550 bits per heavy atom. The predicted octanol–water partition coefficient (Wildman–Crippen LogP) is 8.57. The van der Waals surface area contributed by atoms with Crippen molar-refractivity contribution in [2.45, 2.75) is 49.7 Å². The van der Waals surface area contributed by atoms with Gasteiger partial charge in [-0.3, -0.25) is 9.59 Å². The van der Waals surface area contributed by atoms with E-state index in [1.807, 2.05) is 123 Å². The molecule has 2 saturated heterocycles. The highest BCUT2D eigenvalue weighted by Crippen LogP contribution is 2.48. The third-order valence-corrected chi connectivity index (χ3v) is 8.47. The normalized spacial score (nSPS) is 25.5. The largest absolute Gasteiger partial charge is 0.454 e. The topological polar surface area (TPSA) is 52.6 Å². The molecule has 0 aliphatic carbocycles. The van der Waals surface area contributed by atoms with Crippen molar-refractivity contribution in [3.8, 4) is 0 Å². The molecule has 2 aliphatic heterocycles. The molecule has 0 amide bonds. The summed E-state index contributed by atoms with van der Waals surface area (Å²) in [5, 5.41) is 1.36. The van der Waals surface area contributed by atoms with Crippen molar-refractivity contribution >= 4 is 35.1 Å². The van der Waals surface area contributed by atoms with E-state index in [4.69, 9.17) is 32.7 Å². The van der Waals surface area contributed by atoms with E-state index in [1.165, 1.54) is 0 Å². The summed E-state index contributed by atoms with van der Waals surface area (Å²) in [4.78, 5) is 23.7. The van der Waals surface area contributed by atoms with Crippen LogP contribution in [0.5, 0.6) is 0 Å². The second-order valence-corrected chi connectivity index (χ2v) is 11.4. The van der Waals surface area contributed by atoms with Gasteiger partial charge in [-0.15, -0.1) is 0 Å². The Hall–Kier alpha value is -3.60. The number of carbonyl (C=O) groups is 2. The van der Waals surface area contributed by atoms with Gasteiger partial charge in [-0.05, 0) is 60.4 Å². The number of halogens is 2. The van der Waals surface area contributed by atoms with Crippen LogP contribution in [-0.4, -0.2) is 11.9 Å². The van der Waals surface area contributed by atoms with Crippen molar-refractivity contribution in [1.82, 2.24) is 0 Å². The fourth-order valence-corrected chi connectivity index (χ4v) is 6.00. The molecule has 0 bridgehead atoms. The number of benzene rings is 4. The third-order valence-electron chi connectivity index (χ3n) is 7.96. The van der Waals surface area contributed by atoms with E-state index in [9.17, 15) is 9.59 Å². The number of hydrogen-bond donors (Lipinski definition) is 0. The predicted molar refractivity (Wildman–Crippen MR) is 157 cm³/mol. The Bertz CT molecular complexity index is 1360. The molecule has 6 rings (SSSR count). The molecular formula is C34H30Cl2O4. The van der Waals surface area contributed by atoms with Gasteiger partial charge in [-0.1, -0.05) is 108 Å². The van der Waals surface area contributed by atoms with Crippen molar-refractivity contribution in [1.29, 1.82) is 0 Å². The van der Waals surface area contributed by atoms with Gasteiger partial charge in [0.2, 0.25) is 0 Å². The summed E-state index contributed by atoms with van der Waals surface area (Å²) < 4.78 is 11.3. The van der Waals surface area contributed by atoms with Crippen LogP contribution in [-0.2, 0) is 30.3 Å². The van der Waals surface area contributed by atoms with Crippen molar-refractivity contribution in [2.24, 2.45) is 0 Å². The van der Waals surface area contributed by atoms with E-state index >= 15 is 0 Å². The maximum atomic E-state index is 11.8. The molecule has 4 atom stereocenters. The first kappa shape index (κ1) is 27.9. The van der Waals surface area contributed by atoms with E-state index in [0.717, 1.165) is 22.3 Å². The zero-order valence-corrected chi connectivity index (χ0v) is 23.9. The fraction of sp³-hybridized carbons (Fsp3) is 0.235. The van der Waals surface area contributed by atoms with E-state index in [2.05, 4.69) is 0 Å². The van der Waals surface area contributed by atoms with Gasteiger partial charge in [0.25, 0.3) is 0 Å². The van der Waals surface area contributed by atoms with Crippen LogP contribution in [0.2, 0.25) is 10.0 Å². The highest BCUT2D eigenvalue weighted by Gasteiger charge is 2.48. The molecule has 0 aromatic heterocycles. The number of carbonyl (C=O) groups excluding carboxylic acids is 2. The van der Waals surface area contributed by atoms with E-state index < -0.39 is 11.2 Å². The first-order chi connectivity index (χ1) is 19.2. The second kappa shape index (κ2) is 11.5. The molecular weight excluding hydrogens is 543 g/mol. The lowest BCUT2D eigenvalue weighted by Crippen LogP contribution is -2.27. The van der Waals surface area contributed by atoms with Gasteiger partial charge in [0.05, 0.1) is 12.8 Å². The van der Waals surface area contributed by atoms with Crippen LogP contribution in [0, 0.1) is 0 Å². The fourth-order valence-electron chi connectivity index (χ4n) is 5.75. The Morgan fingerprint density at radius 2 is 0.875 bits per heavy atom. The number of cyclic esters (lactones) is 2. The Morgan fingerprint density at radius 3 is 1.20 bits per heavy atom. The van der Waals surface area contributed by atoms with Gasteiger partial charge < -0.3 is 9.47 Å². The molecule has 0 N–H and O–H groups in total. The maximum Gasteiger partial charge on any atom is 0.307 e. The van der Waals surface area contributed by atoms with Gasteiger partial charge in [0.15, 0.2) is 0 Å². The van der Waals surface area contributed by atoms with E-state index in [1.54, 1.807) is 0 Å². The second-order valence-electron chi connectivity index (χ2n) is 10.5. The standard InChI is InChI=1S/2C17H15ClO2/c2*1-17(13-7-9-14(18)10-8-13)15(11-16(19)20-17)12-5-3-2-4-6-12/h2*2-10,15H,11H2,1H3/t15-,17+;15-,17-/m00/s1. The van der Waals surface area contributed by atoms with Gasteiger partial charge in [0, 0.05) is 21.9 Å². The van der Waals surface area contributed by atoms with Gasteiger partial charge in [0.1, 0.15) is 11.2 Å². The zero-order valence-electron chi connectivity index (χ0n) is 22.4. The SMILES string of the molecule is C[C@@]1(c2ccc(Cl)cc2)OC(=O)C[C@H]1c1ccccc1.C[C@]1(c2ccc(Cl)cc2)OC(=O)C[C@H]1c1ccccc1. The number of esters is 2. The van der Waals surface area contributed by atoms with Gasteiger partial charge >= 0.3 is 11.9 Å². The molecule has 0 unspecified atom stereocenters. The Balaban J connectivity index is 0.000000161. The van der Waals surface area contributed by atoms with Crippen LogP contribution in [0.25, 0.3) is 0 Å². The average molecular weight is 574 g/mol. The minimum absolute atomic E-state index is 0.0253. The smallest absolute Gasteiger partial charge is 0.307 e. The highest BCUT2D eigenvalue weighted by atomic mass is 35.5. The van der Waals surface area contributed by atoms with Crippen molar-refractivity contribution < 1.29 is 19.1 Å². The maximum absolute atomic E-state index is 11.8. The number of rotatable bonds is 4. The molecule has 2 heterocycles. The molecule has 4 aromatic carbocycles. The summed E-state index contributed by atoms with van der Waals surface area (Å²) >= 11 is 11.9. The van der Waals surface area contributed by atoms with Crippen LogP contribution in [0.4, 0.5) is 0 Å². The molecule has 4 aromatic rings. The van der Waals surface area contributed by atoms with Crippen molar-refractivity contribution in [2.75, 3.05) is 0 Å². The first-order valence-electron chi connectivity index (χ1n) is 13.2. The quantitative estimate of drug-likeness (QED) is 0.230. The molecule has 2 aliphatic rings. The summed E-state index contributed by atoms with van der Waals surface area (Å²) in [6, 6.07) is 35.1. The average Bonchev–Trinajstić information content (AvgIpc) is 3.45. The lowest BCUT2D eigenvalue weighted by atomic mass is 9.79. The summed E-state index contributed by atoms with van der Waals surface area (Å²) in [7, 11) is 0. The number of hydrogen-bond acceptors (Lipinski definition) is 4. The molecule has 204 valence electrons. The molecule has 0 saturated carbocycles.